The quantitative estimate of drug-likeness (QED) is 0.669. The van der Waals surface area contributed by atoms with Crippen molar-refractivity contribution in [1.82, 2.24) is 10.3 Å². The van der Waals surface area contributed by atoms with Gasteiger partial charge in [-0.15, -0.1) is 0 Å². The topological polar surface area (TPSA) is 88.5 Å². The molecule has 2 N–H and O–H groups in total. The molecule has 0 aliphatic carbocycles. The highest BCUT2D eigenvalue weighted by atomic mass is 35.5. The molecule has 0 unspecified atom stereocenters. The van der Waals surface area contributed by atoms with Gasteiger partial charge in [0.2, 0.25) is 0 Å². The van der Waals surface area contributed by atoms with Gasteiger partial charge in [0.05, 0.1) is 0 Å². The first-order chi connectivity index (χ1) is 13.2. The second kappa shape index (κ2) is 9.66. The number of carbonyl (C=O) groups is 2. The number of phenols is 1. The number of aromatic hydroxyl groups is 1. The number of Topliss-reactive ketones (excluding diaryl/α,β-unsaturated/α-hetero) is 1. The minimum Gasteiger partial charge on any atom is -0.508 e. The number of carbonyl (C=O) groups excluding carboxylic acids is 2. The molecule has 0 saturated carbocycles. The molecule has 0 spiro atoms. The molecule has 7 heteroatoms. The fraction of sp³-hybridized carbons (Fsp3) is 0.381. The Kier molecular flexibility index (Phi) is 7.54. The predicted octanol–water partition coefficient (Wildman–Crippen LogP) is 3.34. The number of pyridine rings is 1. The summed E-state index contributed by atoms with van der Waals surface area (Å²) < 4.78 is 5.06. The summed E-state index contributed by atoms with van der Waals surface area (Å²) in [7, 11) is 1.61. The number of methoxy groups -OCH3 is 1. The van der Waals surface area contributed by atoms with Crippen molar-refractivity contribution in [3.05, 3.63) is 58.4 Å². The molecule has 0 atom stereocenters. The molecule has 0 radical (unpaired) electrons. The van der Waals surface area contributed by atoms with Crippen LogP contribution in [0.3, 0.4) is 0 Å². The van der Waals surface area contributed by atoms with Crippen LogP contribution in [0.5, 0.6) is 5.75 Å². The monoisotopic (exact) mass is 404 g/mol. The van der Waals surface area contributed by atoms with Gasteiger partial charge in [-0.1, -0.05) is 11.6 Å². The van der Waals surface area contributed by atoms with Crippen molar-refractivity contribution >= 4 is 23.3 Å². The smallest absolute Gasteiger partial charge is 0.270 e. The van der Waals surface area contributed by atoms with E-state index >= 15 is 0 Å². The molecule has 2 rings (SSSR count). The molecule has 0 bridgehead atoms. The van der Waals surface area contributed by atoms with E-state index in [9.17, 15) is 14.7 Å². The number of halogens is 1. The summed E-state index contributed by atoms with van der Waals surface area (Å²) >= 11 is 5.92. The number of hydrogen-bond acceptors (Lipinski definition) is 5. The highest BCUT2D eigenvalue weighted by molar-refractivity contribution is 6.30. The maximum Gasteiger partial charge on any atom is 0.270 e. The fourth-order valence-electron chi connectivity index (χ4n) is 2.70. The van der Waals surface area contributed by atoms with E-state index in [0.717, 1.165) is 0 Å². The summed E-state index contributed by atoms with van der Waals surface area (Å²) in [6.07, 6.45) is 2.36. The fourth-order valence-corrected chi connectivity index (χ4v) is 2.89. The third-order valence-corrected chi connectivity index (χ3v) is 4.51. The van der Waals surface area contributed by atoms with Crippen molar-refractivity contribution in [3.8, 4) is 5.75 Å². The van der Waals surface area contributed by atoms with Gasteiger partial charge in [-0.25, -0.2) is 0 Å². The number of ether oxygens (including phenoxy) is 1. The Labute approximate surface area is 169 Å². The van der Waals surface area contributed by atoms with Gasteiger partial charge >= 0.3 is 0 Å². The number of amides is 1. The van der Waals surface area contributed by atoms with Crippen molar-refractivity contribution in [2.75, 3.05) is 13.7 Å². The number of ketones is 1. The third kappa shape index (κ3) is 6.62. The molecule has 28 heavy (non-hydrogen) atoms. The van der Waals surface area contributed by atoms with Gasteiger partial charge in [0.15, 0.2) is 0 Å². The lowest BCUT2D eigenvalue weighted by Crippen LogP contribution is -2.44. The van der Waals surface area contributed by atoms with Crippen LogP contribution >= 0.6 is 11.6 Å². The van der Waals surface area contributed by atoms with E-state index in [1.54, 1.807) is 31.4 Å². The van der Waals surface area contributed by atoms with Crippen LogP contribution in [-0.4, -0.2) is 41.0 Å². The van der Waals surface area contributed by atoms with Crippen molar-refractivity contribution in [1.29, 1.82) is 0 Å². The molecule has 0 aliphatic rings. The van der Waals surface area contributed by atoms with Gasteiger partial charge in [-0.2, -0.15) is 0 Å². The predicted molar refractivity (Wildman–Crippen MR) is 108 cm³/mol. The number of nitrogens with zero attached hydrogens (tertiary/aromatic N) is 1. The molecule has 6 nitrogen and oxygen atoms in total. The van der Waals surface area contributed by atoms with Crippen LogP contribution in [0.1, 0.15) is 41.9 Å². The van der Waals surface area contributed by atoms with E-state index in [-0.39, 0.29) is 36.0 Å². The maximum absolute atomic E-state index is 12.5. The number of rotatable bonds is 9. The van der Waals surface area contributed by atoms with Crippen molar-refractivity contribution in [2.45, 2.75) is 38.6 Å². The van der Waals surface area contributed by atoms with Gasteiger partial charge < -0.3 is 15.2 Å². The molecule has 1 aromatic heterocycles. The van der Waals surface area contributed by atoms with E-state index in [2.05, 4.69) is 10.3 Å². The Hall–Kier alpha value is -2.44. The van der Waals surface area contributed by atoms with Crippen LogP contribution in [0.15, 0.2) is 36.5 Å². The van der Waals surface area contributed by atoms with E-state index in [4.69, 9.17) is 16.3 Å². The zero-order chi connectivity index (χ0) is 20.7. The van der Waals surface area contributed by atoms with Gasteiger partial charge in [0, 0.05) is 48.9 Å². The van der Waals surface area contributed by atoms with Crippen molar-refractivity contribution < 1.29 is 19.4 Å². The van der Waals surface area contributed by atoms with E-state index in [1.165, 1.54) is 12.3 Å². The second-order valence-corrected chi connectivity index (χ2v) is 7.73. The molecule has 1 aromatic carbocycles. The molecule has 0 saturated heterocycles. The minimum absolute atomic E-state index is 0.0332. The lowest BCUT2D eigenvalue weighted by molar-refractivity contribution is -0.117. The average Bonchev–Trinajstić information content (AvgIpc) is 2.63. The van der Waals surface area contributed by atoms with Crippen LogP contribution in [0.25, 0.3) is 0 Å². The lowest BCUT2D eigenvalue weighted by atomic mass is 10.00. The Morgan fingerprint density at radius 1 is 1.21 bits per heavy atom. The molecular formula is C21H25ClN2O4. The first kappa shape index (κ1) is 21.9. The highest BCUT2D eigenvalue weighted by Gasteiger charge is 2.22. The number of phenolic OH excluding ortho intramolecular Hbond substituents is 1. The Bertz CT molecular complexity index is 852. The summed E-state index contributed by atoms with van der Waals surface area (Å²) in [5.74, 6) is -0.371. The molecular weight excluding hydrogens is 380 g/mol. The van der Waals surface area contributed by atoms with Gasteiger partial charge in [-0.3, -0.25) is 14.6 Å². The Balaban J connectivity index is 2.03. The zero-order valence-electron chi connectivity index (χ0n) is 16.3. The van der Waals surface area contributed by atoms with Crippen molar-refractivity contribution in [3.63, 3.8) is 0 Å². The molecule has 1 amide bonds. The summed E-state index contributed by atoms with van der Waals surface area (Å²) in [5, 5.41) is 13.2. The van der Waals surface area contributed by atoms with Crippen LogP contribution < -0.4 is 5.32 Å². The normalized spacial score (nSPS) is 11.3. The van der Waals surface area contributed by atoms with Gasteiger partial charge in [0.1, 0.15) is 17.2 Å². The Morgan fingerprint density at radius 3 is 2.68 bits per heavy atom. The number of aromatic nitrogens is 1. The number of hydrogen-bond donors (Lipinski definition) is 2. The van der Waals surface area contributed by atoms with Gasteiger partial charge in [0.25, 0.3) is 5.91 Å². The molecule has 0 fully saturated rings. The minimum atomic E-state index is -0.440. The molecule has 0 aliphatic heterocycles. The van der Waals surface area contributed by atoms with E-state index in [1.807, 2.05) is 13.8 Å². The summed E-state index contributed by atoms with van der Waals surface area (Å²) in [6, 6.07) is 7.90. The molecule has 1 heterocycles. The number of nitrogens with one attached hydrogen (secondary N) is 1. The molecule has 2 aromatic rings. The first-order valence-electron chi connectivity index (χ1n) is 8.95. The van der Waals surface area contributed by atoms with Crippen molar-refractivity contribution in [2.24, 2.45) is 0 Å². The van der Waals surface area contributed by atoms with Crippen LogP contribution in [-0.2, 0) is 22.4 Å². The van der Waals surface area contributed by atoms with E-state index in [0.29, 0.717) is 29.2 Å². The highest BCUT2D eigenvalue weighted by Crippen LogP contribution is 2.22. The van der Waals surface area contributed by atoms with Gasteiger partial charge in [-0.05, 0) is 56.2 Å². The second-order valence-electron chi connectivity index (χ2n) is 7.30. The van der Waals surface area contributed by atoms with E-state index < -0.39 is 5.54 Å². The largest absolute Gasteiger partial charge is 0.508 e. The summed E-state index contributed by atoms with van der Waals surface area (Å²) in [5.41, 5.74) is 0.970. The maximum atomic E-state index is 12.5. The van der Waals surface area contributed by atoms with Crippen LogP contribution in [0.4, 0.5) is 0 Å². The zero-order valence-corrected chi connectivity index (χ0v) is 17.0. The Morgan fingerprint density at radius 2 is 1.96 bits per heavy atom. The van der Waals surface area contributed by atoms with Crippen LogP contribution in [0, 0.1) is 0 Å². The average molecular weight is 405 g/mol. The SMILES string of the molecule is COCCC(C)(C)NC(=O)c1cc(CC(=O)Cc2cc(Cl)ccc2O)ccn1. The van der Waals surface area contributed by atoms with Crippen LogP contribution in [0.2, 0.25) is 5.02 Å². The summed E-state index contributed by atoms with van der Waals surface area (Å²) in [4.78, 5) is 29.0. The standard InChI is InChI=1S/C21H25ClN2O4/c1-21(2,7-9-28-3)24-20(27)18-11-14(6-8-23-18)10-17(25)13-15-12-16(22)4-5-19(15)26/h4-6,8,11-12,26H,7,9-10,13H2,1-3H3,(H,24,27). The first-order valence-corrected chi connectivity index (χ1v) is 9.33. The third-order valence-electron chi connectivity index (χ3n) is 4.27. The molecule has 150 valence electrons. The number of benzene rings is 1. The lowest BCUT2D eigenvalue weighted by Gasteiger charge is -2.25. The summed E-state index contributed by atoms with van der Waals surface area (Å²) in [6.45, 7) is 4.36.